The van der Waals surface area contributed by atoms with Gasteiger partial charge in [0.15, 0.2) is 5.25 Å². The molecule has 0 radical (unpaired) electrons. The summed E-state index contributed by atoms with van der Waals surface area (Å²) in [6.07, 6.45) is 3.21. The number of hydrazine groups is 1. The number of carbonyl (C=O) groups is 3. The maximum Gasteiger partial charge on any atom is 0.324 e. The van der Waals surface area contributed by atoms with Gasteiger partial charge in [-0.1, -0.05) is 21.6 Å². The summed E-state index contributed by atoms with van der Waals surface area (Å²) in [6.45, 7) is 3.13. The first-order valence-electron chi connectivity index (χ1n) is 8.45. The number of carboxylic acid groups (broad SMARTS) is 1. The van der Waals surface area contributed by atoms with Crippen LogP contribution in [-0.2, 0) is 24.5 Å². The Kier molecular flexibility index (Phi) is 7.21. The minimum Gasteiger partial charge on any atom is -0.480 e. The number of hydrogen-bond acceptors (Lipinski definition) is 10. The highest BCUT2D eigenvalue weighted by atomic mass is 33.1. The molecule has 0 spiro atoms. The molecule has 30 heavy (non-hydrogen) atoms. The molecule has 2 N–H and O–H groups in total. The average Bonchev–Trinajstić information content (AvgIpc) is 2.95. The van der Waals surface area contributed by atoms with E-state index in [-0.39, 0.29) is 18.5 Å². The number of nitro groups is 1. The first kappa shape index (κ1) is 24.2. The van der Waals surface area contributed by atoms with Gasteiger partial charge in [-0.3, -0.25) is 34.1 Å². The highest BCUT2D eigenvalue weighted by Gasteiger charge is 2.41. The van der Waals surface area contributed by atoms with Crippen LogP contribution in [0.2, 0.25) is 0 Å². The Morgan fingerprint density at radius 3 is 2.40 bits per heavy atom. The number of nitrogens with zero attached hydrogens (tertiary/aromatic N) is 3. The number of allylic oxidation sites excluding steroid dienone is 1. The van der Waals surface area contributed by atoms with Gasteiger partial charge in [-0.25, -0.2) is 0 Å². The lowest BCUT2D eigenvalue weighted by molar-refractivity contribution is -0.420. The summed E-state index contributed by atoms with van der Waals surface area (Å²) in [5.74, 6) is -2.72. The van der Waals surface area contributed by atoms with Crippen molar-refractivity contribution < 1.29 is 37.4 Å². The summed E-state index contributed by atoms with van der Waals surface area (Å²) < 4.78 is 30.9. The first-order valence-corrected chi connectivity index (χ1v) is 12.2. The average molecular weight is 482 g/mol. The van der Waals surface area contributed by atoms with E-state index in [9.17, 15) is 32.9 Å². The van der Waals surface area contributed by atoms with E-state index in [4.69, 9.17) is 9.66 Å². The van der Waals surface area contributed by atoms with Crippen LogP contribution in [0, 0.1) is 10.1 Å². The van der Waals surface area contributed by atoms with E-state index in [2.05, 4.69) is 0 Å². The molecule has 0 bridgehead atoms. The maximum atomic E-state index is 12.1. The van der Waals surface area contributed by atoms with E-state index in [0.29, 0.717) is 0 Å². The van der Waals surface area contributed by atoms with Crippen molar-refractivity contribution in [3.8, 4) is 0 Å². The Morgan fingerprint density at radius 1 is 1.37 bits per heavy atom. The van der Waals surface area contributed by atoms with Gasteiger partial charge < -0.3 is 5.11 Å². The Hall–Kier alpha value is -2.10. The van der Waals surface area contributed by atoms with Crippen molar-refractivity contribution in [2.24, 2.45) is 0 Å². The number of rotatable bonds is 9. The quantitative estimate of drug-likeness (QED) is 0.159. The Bertz CT molecular complexity index is 913. The fourth-order valence-corrected chi connectivity index (χ4v) is 6.38. The number of carbonyl (C=O) groups excluding carboxylic acids is 2. The normalized spacial score (nSPS) is 21.0. The molecule has 2 heterocycles. The zero-order valence-corrected chi connectivity index (χ0v) is 18.3. The number of amides is 2. The van der Waals surface area contributed by atoms with Crippen molar-refractivity contribution in [1.82, 2.24) is 10.0 Å². The van der Waals surface area contributed by atoms with Gasteiger partial charge in [0, 0.05) is 23.7 Å². The van der Waals surface area contributed by atoms with Gasteiger partial charge >= 0.3 is 5.97 Å². The summed E-state index contributed by atoms with van der Waals surface area (Å²) >= 11 is 0. The summed E-state index contributed by atoms with van der Waals surface area (Å²) in [5, 5.41) is 19.4. The van der Waals surface area contributed by atoms with Crippen LogP contribution in [0.15, 0.2) is 24.0 Å². The van der Waals surface area contributed by atoms with Gasteiger partial charge in [-0.2, -0.15) is 13.4 Å². The molecule has 1 saturated heterocycles. The first-order chi connectivity index (χ1) is 13.7. The molecule has 15 heteroatoms. The molecule has 2 unspecified atom stereocenters. The maximum absolute atomic E-state index is 12.1. The van der Waals surface area contributed by atoms with E-state index >= 15 is 0 Å². The third-order valence-electron chi connectivity index (χ3n) is 4.11. The molecule has 0 aromatic carbocycles. The van der Waals surface area contributed by atoms with Crippen LogP contribution in [0.1, 0.15) is 33.1 Å². The zero-order valence-electron chi connectivity index (χ0n) is 15.8. The minimum atomic E-state index is -4.82. The second kappa shape index (κ2) is 8.95. The molecular formula is C15H19N3O9S3. The minimum absolute atomic E-state index is 0.0225. The van der Waals surface area contributed by atoms with Crippen molar-refractivity contribution in [3.05, 3.63) is 34.2 Å². The molecule has 0 aromatic heterocycles. The van der Waals surface area contributed by atoms with Crippen molar-refractivity contribution >= 4 is 49.5 Å². The van der Waals surface area contributed by atoms with Crippen molar-refractivity contribution in [2.45, 2.75) is 48.5 Å². The van der Waals surface area contributed by atoms with Crippen LogP contribution in [-0.4, -0.2) is 66.2 Å². The van der Waals surface area contributed by atoms with E-state index in [0.717, 1.165) is 37.8 Å². The molecule has 0 aliphatic carbocycles. The lowest BCUT2D eigenvalue weighted by atomic mass is 10.1. The molecular weight excluding hydrogens is 462 g/mol. The van der Waals surface area contributed by atoms with E-state index in [1.165, 1.54) is 12.2 Å². The molecule has 2 amide bonds. The molecule has 2 atom stereocenters. The standard InChI is InChI=1S/C15H19N3O9S3/c1-15(2,7-10(14(21)22)30(25,26)27)29-28-13-6-3-9(18(23)24)8-16(13)17-11(19)4-5-12(17)20/h3,6,8,10,13H,4-5,7H2,1-2H3,(H,21,22)(H,25,26,27). The monoisotopic (exact) mass is 481 g/mol. The summed E-state index contributed by atoms with van der Waals surface area (Å²) in [5.41, 5.74) is -0.332. The van der Waals surface area contributed by atoms with Crippen LogP contribution in [0.3, 0.4) is 0 Å². The second-order valence-corrected chi connectivity index (χ2v) is 11.6. The number of imide groups is 1. The van der Waals surface area contributed by atoms with Gasteiger partial charge in [-0.05, 0) is 26.3 Å². The molecule has 0 aromatic rings. The second-order valence-electron chi connectivity index (χ2n) is 7.03. The largest absolute Gasteiger partial charge is 0.480 e. The third kappa shape index (κ3) is 5.74. The molecule has 2 aliphatic rings. The summed E-state index contributed by atoms with van der Waals surface area (Å²) in [4.78, 5) is 45.8. The molecule has 2 rings (SSSR count). The highest BCUT2D eigenvalue weighted by molar-refractivity contribution is 8.77. The predicted molar refractivity (Wildman–Crippen MR) is 108 cm³/mol. The summed E-state index contributed by atoms with van der Waals surface area (Å²) in [7, 11) is -2.71. The van der Waals surface area contributed by atoms with Gasteiger partial charge in [0.1, 0.15) is 11.6 Å². The molecule has 0 saturated carbocycles. The van der Waals surface area contributed by atoms with E-state index < -0.39 is 54.6 Å². The zero-order chi connectivity index (χ0) is 22.9. The smallest absolute Gasteiger partial charge is 0.324 e. The predicted octanol–water partition coefficient (Wildman–Crippen LogP) is 1.26. The van der Waals surface area contributed by atoms with Crippen LogP contribution >= 0.6 is 21.6 Å². The number of aliphatic carboxylic acids is 1. The van der Waals surface area contributed by atoms with Gasteiger partial charge in [0.25, 0.3) is 15.8 Å². The molecule has 166 valence electrons. The fourth-order valence-electron chi connectivity index (χ4n) is 2.68. The topological polar surface area (TPSA) is 175 Å². The highest BCUT2D eigenvalue weighted by Crippen LogP contribution is 2.44. The Labute approximate surface area is 179 Å². The lowest BCUT2D eigenvalue weighted by Gasteiger charge is -2.36. The van der Waals surface area contributed by atoms with Crippen molar-refractivity contribution in [2.75, 3.05) is 0 Å². The van der Waals surface area contributed by atoms with Crippen LogP contribution in [0.4, 0.5) is 0 Å². The molecule has 12 nitrogen and oxygen atoms in total. The summed E-state index contributed by atoms with van der Waals surface area (Å²) in [6, 6.07) is 0. The van der Waals surface area contributed by atoms with Crippen molar-refractivity contribution in [3.63, 3.8) is 0 Å². The number of carboxylic acids is 1. The SMILES string of the molecule is CC(C)(CC(C(=O)O)S(=O)(=O)O)SSC1C=CC([N+](=O)[O-])=CN1N1C(=O)CCC1=O. The third-order valence-corrected chi connectivity index (χ3v) is 8.71. The number of hydrogen-bond donors (Lipinski definition) is 2. The van der Waals surface area contributed by atoms with Crippen LogP contribution in [0.25, 0.3) is 0 Å². The van der Waals surface area contributed by atoms with Crippen molar-refractivity contribution in [1.29, 1.82) is 0 Å². The Balaban J connectivity index is 2.20. The van der Waals surface area contributed by atoms with Gasteiger partial charge in [-0.15, -0.1) is 0 Å². The van der Waals surface area contributed by atoms with E-state index in [1.807, 2.05) is 0 Å². The van der Waals surface area contributed by atoms with Crippen LogP contribution in [0.5, 0.6) is 0 Å². The fraction of sp³-hybridized carbons (Fsp3) is 0.533. The Morgan fingerprint density at radius 2 is 1.93 bits per heavy atom. The van der Waals surface area contributed by atoms with Crippen LogP contribution < -0.4 is 0 Å². The lowest BCUT2D eigenvalue weighted by Crippen LogP contribution is -2.47. The van der Waals surface area contributed by atoms with Gasteiger partial charge in [0.2, 0.25) is 11.8 Å². The van der Waals surface area contributed by atoms with E-state index in [1.54, 1.807) is 13.8 Å². The molecule has 2 aliphatic heterocycles. The van der Waals surface area contributed by atoms with Gasteiger partial charge in [0.05, 0.1) is 4.92 Å². The molecule has 1 fully saturated rings.